The van der Waals surface area contributed by atoms with Crippen LogP contribution in [0.4, 0.5) is 0 Å². The highest BCUT2D eigenvalue weighted by Crippen LogP contribution is 2.03. The third-order valence-electron chi connectivity index (χ3n) is 1.79. The maximum Gasteiger partial charge on any atom is 0.0569 e. The summed E-state index contributed by atoms with van der Waals surface area (Å²) in [4.78, 5) is 2.25. The monoisotopic (exact) mass is 152 g/mol. The van der Waals surface area contributed by atoms with Crippen molar-refractivity contribution in [3.8, 4) is 0 Å². The van der Waals surface area contributed by atoms with E-state index in [4.69, 9.17) is 5.73 Å². The molecule has 0 amide bonds. The van der Waals surface area contributed by atoms with Gasteiger partial charge >= 0.3 is 0 Å². The van der Waals surface area contributed by atoms with Crippen molar-refractivity contribution in [1.29, 1.82) is 0 Å². The van der Waals surface area contributed by atoms with Gasteiger partial charge in [0.25, 0.3) is 0 Å². The van der Waals surface area contributed by atoms with Crippen molar-refractivity contribution < 1.29 is 0 Å². The molecule has 0 aromatic heterocycles. The van der Waals surface area contributed by atoms with Crippen LogP contribution in [-0.2, 0) is 0 Å². The molecule has 1 aliphatic heterocycles. The van der Waals surface area contributed by atoms with Crippen LogP contribution in [0.15, 0.2) is 24.0 Å². The molecule has 0 aromatic rings. The maximum absolute atomic E-state index is 5.67. The third-order valence-corrected chi connectivity index (χ3v) is 1.79. The third kappa shape index (κ3) is 2.66. The van der Waals surface area contributed by atoms with Crippen molar-refractivity contribution in [2.24, 2.45) is 5.73 Å². The quantitative estimate of drug-likeness (QED) is 0.663. The van der Waals surface area contributed by atoms with E-state index in [9.17, 15) is 0 Å². The lowest BCUT2D eigenvalue weighted by Gasteiger charge is -2.22. The van der Waals surface area contributed by atoms with E-state index in [2.05, 4.69) is 18.0 Å². The van der Waals surface area contributed by atoms with Gasteiger partial charge < -0.3 is 10.6 Å². The van der Waals surface area contributed by atoms with Crippen LogP contribution in [0.2, 0.25) is 0 Å². The second kappa shape index (κ2) is 4.06. The summed E-state index contributed by atoms with van der Waals surface area (Å²) in [6, 6.07) is 0. The normalized spacial score (nSPS) is 16.8. The molecule has 2 N–H and O–H groups in total. The topological polar surface area (TPSA) is 29.3 Å². The van der Waals surface area contributed by atoms with Crippen LogP contribution in [0, 0.1) is 0 Å². The fraction of sp³-hybridized carbons (Fsp3) is 0.556. The molecule has 0 atom stereocenters. The van der Waals surface area contributed by atoms with Gasteiger partial charge in [0.2, 0.25) is 0 Å². The van der Waals surface area contributed by atoms with Crippen molar-refractivity contribution in [2.45, 2.75) is 19.8 Å². The van der Waals surface area contributed by atoms with Gasteiger partial charge in [-0.3, -0.25) is 0 Å². The summed E-state index contributed by atoms with van der Waals surface area (Å²) in [6.45, 7) is 4.23. The Morgan fingerprint density at radius 1 is 1.64 bits per heavy atom. The molecule has 1 heterocycles. The molecule has 0 bridgehead atoms. The molecule has 2 nitrogen and oxygen atoms in total. The van der Waals surface area contributed by atoms with Gasteiger partial charge in [-0.15, -0.1) is 0 Å². The average Bonchev–Trinajstić information content (AvgIpc) is 2.01. The summed E-state index contributed by atoms with van der Waals surface area (Å²) >= 11 is 0. The average molecular weight is 152 g/mol. The van der Waals surface area contributed by atoms with E-state index in [-0.39, 0.29) is 0 Å². The first kappa shape index (κ1) is 8.18. The molecule has 0 saturated heterocycles. The summed E-state index contributed by atoms with van der Waals surface area (Å²) in [6.07, 6.45) is 8.56. The number of hydrogen-bond donors (Lipinski definition) is 1. The van der Waals surface area contributed by atoms with E-state index < -0.39 is 0 Å². The minimum Gasteiger partial charge on any atom is -0.401 e. The van der Waals surface area contributed by atoms with Crippen molar-refractivity contribution in [1.82, 2.24) is 4.90 Å². The van der Waals surface area contributed by atoms with E-state index in [0.29, 0.717) is 0 Å². The molecule has 0 aliphatic carbocycles. The van der Waals surface area contributed by atoms with E-state index in [1.807, 2.05) is 12.2 Å². The number of unbranched alkanes of at least 4 members (excludes halogenated alkanes) is 1. The standard InChI is InChI=1S/C9H16N2/c1-2-3-6-11-7-4-5-9(10)8-11/h4-5,7H,2-3,6,8,10H2,1H3. The smallest absolute Gasteiger partial charge is 0.0569 e. The predicted octanol–water partition coefficient (Wildman–Crippen LogP) is 1.46. The van der Waals surface area contributed by atoms with Crippen LogP contribution in [0.1, 0.15) is 19.8 Å². The number of nitrogens with two attached hydrogens (primary N) is 1. The Kier molecular flexibility index (Phi) is 3.02. The van der Waals surface area contributed by atoms with Crippen molar-refractivity contribution >= 4 is 0 Å². The second-order valence-electron chi connectivity index (χ2n) is 2.91. The summed E-state index contributed by atoms with van der Waals surface area (Å²) in [5, 5.41) is 0. The second-order valence-corrected chi connectivity index (χ2v) is 2.91. The molecule has 2 heteroatoms. The first-order valence-electron chi connectivity index (χ1n) is 4.20. The van der Waals surface area contributed by atoms with Crippen LogP contribution in [0.3, 0.4) is 0 Å². The molecule has 11 heavy (non-hydrogen) atoms. The van der Waals surface area contributed by atoms with Gasteiger partial charge in [-0.2, -0.15) is 0 Å². The van der Waals surface area contributed by atoms with Gasteiger partial charge in [-0.1, -0.05) is 13.3 Å². The number of allylic oxidation sites excluding steroid dienone is 2. The highest BCUT2D eigenvalue weighted by Gasteiger charge is 2.02. The predicted molar refractivity (Wildman–Crippen MR) is 47.9 cm³/mol. The largest absolute Gasteiger partial charge is 0.401 e. The minimum absolute atomic E-state index is 0.899. The zero-order chi connectivity index (χ0) is 8.10. The summed E-state index contributed by atoms with van der Waals surface area (Å²) in [7, 11) is 0. The summed E-state index contributed by atoms with van der Waals surface area (Å²) in [5.74, 6) is 0. The molecular weight excluding hydrogens is 136 g/mol. The molecule has 0 radical (unpaired) electrons. The van der Waals surface area contributed by atoms with Gasteiger partial charge in [0.1, 0.15) is 0 Å². The zero-order valence-corrected chi connectivity index (χ0v) is 7.09. The minimum atomic E-state index is 0.899. The Labute approximate surface area is 68.4 Å². The number of rotatable bonds is 3. The molecular formula is C9H16N2. The Morgan fingerprint density at radius 3 is 3.09 bits per heavy atom. The first-order valence-corrected chi connectivity index (χ1v) is 4.20. The summed E-state index contributed by atoms with van der Waals surface area (Å²) < 4.78 is 0. The van der Waals surface area contributed by atoms with Crippen LogP contribution >= 0.6 is 0 Å². The molecule has 0 saturated carbocycles. The van der Waals surface area contributed by atoms with E-state index >= 15 is 0 Å². The Hall–Kier alpha value is -0.920. The Morgan fingerprint density at radius 2 is 2.45 bits per heavy atom. The SMILES string of the molecule is CCCCN1C=CC=C(N)C1. The maximum atomic E-state index is 5.67. The molecule has 0 spiro atoms. The van der Waals surface area contributed by atoms with E-state index in [1.54, 1.807) is 0 Å². The van der Waals surface area contributed by atoms with Gasteiger partial charge in [0.15, 0.2) is 0 Å². The fourth-order valence-electron chi connectivity index (χ4n) is 1.14. The molecule has 0 aromatic carbocycles. The molecule has 1 aliphatic rings. The molecule has 0 fully saturated rings. The van der Waals surface area contributed by atoms with E-state index in [0.717, 1.165) is 18.8 Å². The van der Waals surface area contributed by atoms with Gasteiger partial charge in [-0.05, 0) is 24.8 Å². The Balaban J connectivity index is 2.28. The number of hydrogen-bond acceptors (Lipinski definition) is 2. The fourth-order valence-corrected chi connectivity index (χ4v) is 1.14. The first-order chi connectivity index (χ1) is 5.33. The van der Waals surface area contributed by atoms with Crippen molar-refractivity contribution in [3.05, 3.63) is 24.0 Å². The van der Waals surface area contributed by atoms with Crippen LogP contribution in [-0.4, -0.2) is 18.0 Å². The van der Waals surface area contributed by atoms with E-state index in [1.165, 1.54) is 12.8 Å². The van der Waals surface area contributed by atoms with Crippen molar-refractivity contribution in [2.75, 3.05) is 13.1 Å². The summed E-state index contributed by atoms with van der Waals surface area (Å²) in [5.41, 5.74) is 6.63. The highest BCUT2D eigenvalue weighted by molar-refractivity contribution is 5.15. The van der Waals surface area contributed by atoms with Crippen LogP contribution in [0.25, 0.3) is 0 Å². The lowest BCUT2D eigenvalue weighted by Crippen LogP contribution is -2.26. The Bertz CT molecular complexity index is 170. The zero-order valence-electron chi connectivity index (χ0n) is 7.09. The van der Waals surface area contributed by atoms with Gasteiger partial charge in [-0.25, -0.2) is 0 Å². The van der Waals surface area contributed by atoms with Crippen molar-refractivity contribution in [3.63, 3.8) is 0 Å². The lowest BCUT2D eigenvalue weighted by atomic mass is 10.2. The van der Waals surface area contributed by atoms with Gasteiger partial charge in [0.05, 0.1) is 6.54 Å². The van der Waals surface area contributed by atoms with Crippen LogP contribution in [0.5, 0.6) is 0 Å². The van der Waals surface area contributed by atoms with Gasteiger partial charge in [0, 0.05) is 12.2 Å². The number of nitrogens with zero attached hydrogens (tertiary/aromatic N) is 1. The highest BCUT2D eigenvalue weighted by atomic mass is 15.1. The van der Waals surface area contributed by atoms with Crippen LogP contribution < -0.4 is 5.73 Å². The molecule has 62 valence electrons. The molecule has 1 rings (SSSR count). The lowest BCUT2D eigenvalue weighted by molar-refractivity contribution is 0.390. The molecule has 0 unspecified atom stereocenters.